The van der Waals surface area contributed by atoms with E-state index in [-0.39, 0.29) is 27.4 Å². The number of halogens is 2. The minimum Gasteiger partial charge on any atom is -0.459 e. The van der Waals surface area contributed by atoms with Crippen molar-refractivity contribution in [2.24, 2.45) is 0 Å². The topological polar surface area (TPSA) is 83.4 Å². The fourth-order valence-electron chi connectivity index (χ4n) is 2.28. The molecule has 9 heteroatoms. The summed E-state index contributed by atoms with van der Waals surface area (Å²) in [6.07, 6.45) is 1.42. The third kappa shape index (κ3) is 5.10. The summed E-state index contributed by atoms with van der Waals surface area (Å²) in [5.74, 6) is -0.655. The predicted molar refractivity (Wildman–Crippen MR) is 113 cm³/mol. The number of hydrogen-bond acceptors (Lipinski definition) is 4. The summed E-state index contributed by atoms with van der Waals surface area (Å²) in [6.45, 7) is 0. The molecule has 6 nitrogen and oxygen atoms in total. The van der Waals surface area contributed by atoms with Gasteiger partial charge in [-0.1, -0.05) is 29.3 Å². The van der Waals surface area contributed by atoms with Crippen LogP contribution in [0.3, 0.4) is 0 Å². The van der Waals surface area contributed by atoms with Crippen LogP contribution in [0.15, 0.2) is 65.3 Å². The van der Waals surface area contributed by atoms with Gasteiger partial charge in [0.25, 0.3) is 11.8 Å². The molecule has 0 spiro atoms. The van der Waals surface area contributed by atoms with Gasteiger partial charge in [-0.15, -0.1) is 0 Å². The summed E-state index contributed by atoms with van der Waals surface area (Å²) >= 11 is 17.0. The number of furan rings is 1. The first-order valence-corrected chi connectivity index (χ1v) is 9.11. The molecule has 3 N–H and O–H groups in total. The Bertz CT molecular complexity index is 1040. The van der Waals surface area contributed by atoms with Crippen molar-refractivity contribution in [3.05, 3.63) is 82.2 Å². The summed E-state index contributed by atoms with van der Waals surface area (Å²) < 4.78 is 5.05. The number of amides is 2. The fraction of sp³-hybridized carbons (Fsp3) is 0. The first-order chi connectivity index (χ1) is 13.4. The van der Waals surface area contributed by atoms with Crippen LogP contribution >= 0.6 is 35.4 Å². The monoisotopic (exact) mass is 433 g/mol. The van der Waals surface area contributed by atoms with Crippen molar-refractivity contribution >= 4 is 63.7 Å². The Kier molecular flexibility index (Phi) is 6.30. The second-order valence-corrected chi connectivity index (χ2v) is 6.80. The first-order valence-electron chi connectivity index (χ1n) is 7.94. The molecule has 0 radical (unpaired) electrons. The normalized spacial score (nSPS) is 10.2. The van der Waals surface area contributed by atoms with E-state index in [1.807, 2.05) is 0 Å². The minimum absolute atomic E-state index is 0.0746. The molecule has 1 aromatic heterocycles. The average molecular weight is 434 g/mol. The molecule has 0 aliphatic heterocycles. The van der Waals surface area contributed by atoms with Crippen LogP contribution in [-0.4, -0.2) is 16.9 Å². The zero-order valence-electron chi connectivity index (χ0n) is 14.2. The highest BCUT2D eigenvalue weighted by molar-refractivity contribution is 7.80. The molecule has 0 bridgehead atoms. The molecule has 0 atom stereocenters. The van der Waals surface area contributed by atoms with E-state index in [2.05, 4.69) is 16.0 Å². The van der Waals surface area contributed by atoms with E-state index >= 15 is 0 Å². The molecule has 142 valence electrons. The highest BCUT2D eigenvalue weighted by atomic mass is 35.5. The number of nitrogens with one attached hydrogen (secondary N) is 3. The van der Waals surface area contributed by atoms with Gasteiger partial charge in [0.15, 0.2) is 10.9 Å². The Morgan fingerprint density at radius 2 is 1.64 bits per heavy atom. The van der Waals surface area contributed by atoms with Gasteiger partial charge in [0.2, 0.25) is 0 Å². The van der Waals surface area contributed by atoms with Crippen molar-refractivity contribution in [1.29, 1.82) is 0 Å². The van der Waals surface area contributed by atoms with Crippen LogP contribution in [0.25, 0.3) is 0 Å². The van der Waals surface area contributed by atoms with Crippen molar-refractivity contribution in [3.8, 4) is 0 Å². The number of anilines is 2. The van der Waals surface area contributed by atoms with Crippen LogP contribution < -0.4 is 16.0 Å². The number of carbonyl (C=O) groups is 2. The third-order valence-electron chi connectivity index (χ3n) is 3.53. The number of carbonyl (C=O) groups excluding carboxylic acids is 2. The van der Waals surface area contributed by atoms with E-state index in [0.29, 0.717) is 16.4 Å². The molecule has 0 fully saturated rings. The van der Waals surface area contributed by atoms with Crippen molar-refractivity contribution < 1.29 is 14.0 Å². The lowest BCUT2D eigenvalue weighted by molar-refractivity contribution is 0.0975. The molecule has 0 aliphatic carbocycles. The van der Waals surface area contributed by atoms with E-state index in [0.717, 1.165) is 0 Å². The molecule has 2 amide bonds. The minimum atomic E-state index is -0.471. The molecule has 3 rings (SSSR count). The van der Waals surface area contributed by atoms with Gasteiger partial charge >= 0.3 is 0 Å². The third-order valence-corrected chi connectivity index (χ3v) is 4.28. The van der Waals surface area contributed by atoms with Crippen LogP contribution in [0.4, 0.5) is 11.4 Å². The molecule has 0 aliphatic rings. The van der Waals surface area contributed by atoms with Crippen LogP contribution in [0.5, 0.6) is 0 Å². The smallest absolute Gasteiger partial charge is 0.291 e. The Hall–Kier alpha value is -2.87. The average Bonchev–Trinajstić information content (AvgIpc) is 3.16. The molecule has 3 aromatic rings. The zero-order chi connectivity index (χ0) is 20.1. The molecular weight excluding hydrogens is 421 g/mol. The lowest BCUT2D eigenvalue weighted by Gasteiger charge is -2.12. The van der Waals surface area contributed by atoms with Gasteiger partial charge in [-0.3, -0.25) is 14.9 Å². The van der Waals surface area contributed by atoms with Gasteiger partial charge in [0.1, 0.15) is 0 Å². The number of benzene rings is 2. The molecule has 0 saturated carbocycles. The molecule has 28 heavy (non-hydrogen) atoms. The van der Waals surface area contributed by atoms with Crippen molar-refractivity contribution in [1.82, 2.24) is 5.32 Å². The van der Waals surface area contributed by atoms with E-state index in [4.69, 9.17) is 39.8 Å². The lowest BCUT2D eigenvalue weighted by Crippen LogP contribution is -2.34. The summed E-state index contributed by atoms with van der Waals surface area (Å²) in [5, 5.41) is 8.84. The van der Waals surface area contributed by atoms with Gasteiger partial charge < -0.3 is 15.1 Å². The van der Waals surface area contributed by atoms with Gasteiger partial charge in [0.05, 0.1) is 16.8 Å². The largest absolute Gasteiger partial charge is 0.459 e. The lowest BCUT2D eigenvalue weighted by atomic mass is 10.2. The standard InChI is InChI=1S/C19H13Cl2N3O3S/c20-11-6-7-14(15(21)9-11)17(25)24-19(28)23-13-4-1-3-12(10-13)22-18(26)16-5-2-8-27-16/h1-10H,(H,22,26)(H2,23,24,25,28). The maximum absolute atomic E-state index is 12.3. The summed E-state index contributed by atoms with van der Waals surface area (Å²) in [7, 11) is 0. The van der Waals surface area contributed by atoms with Crippen LogP contribution in [0.2, 0.25) is 10.0 Å². The molecule has 0 unspecified atom stereocenters. The zero-order valence-corrected chi connectivity index (χ0v) is 16.5. The second kappa shape index (κ2) is 8.88. The second-order valence-electron chi connectivity index (χ2n) is 5.54. The molecule has 2 aromatic carbocycles. The van der Waals surface area contributed by atoms with Crippen molar-refractivity contribution in [2.45, 2.75) is 0 Å². The van der Waals surface area contributed by atoms with E-state index in [1.54, 1.807) is 42.5 Å². The quantitative estimate of drug-likeness (QED) is 0.506. The van der Waals surface area contributed by atoms with Crippen molar-refractivity contribution in [3.63, 3.8) is 0 Å². The van der Waals surface area contributed by atoms with Gasteiger partial charge in [-0.25, -0.2) is 0 Å². The van der Waals surface area contributed by atoms with Gasteiger partial charge in [-0.05, 0) is 60.7 Å². The SMILES string of the molecule is O=C(Nc1cccc(NC(=S)NC(=O)c2ccc(Cl)cc2Cl)c1)c1ccco1. The highest BCUT2D eigenvalue weighted by Crippen LogP contribution is 2.21. The first kappa shape index (κ1) is 19.9. The summed E-state index contributed by atoms with van der Waals surface area (Å²) in [6, 6.07) is 14.6. The molecule has 1 heterocycles. The number of rotatable bonds is 4. The fourth-order valence-corrected chi connectivity index (χ4v) is 2.99. The molecular formula is C19H13Cl2N3O3S. The Balaban J connectivity index is 1.62. The highest BCUT2D eigenvalue weighted by Gasteiger charge is 2.13. The van der Waals surface area contributed by atoms with Gasteiger partial charge in [-0.2, -0.15) is 0 Å². The molecule has 0 saturated heterocycles. The number of thiocarbonyl (C=S) groups is 1. The summed E-state index contributed by atoms with van der Waals surface area (Å²) in [5.41, 5.74) is 1.35. The Morgan fingerprint density at radius 1 is 0.893 bits per heavy atom. The van der Waals surface area contributed by atoms with Crippen LogP contribution in [0.1, 0.15) is 20.9 Å². The van der Waals surface area contributed by atoms with Gasteiger partial charge in [0, 0.05) is 16.4 Å². The summed E-state index contributed by atoms with van der Waals surface area (Å²) in [4.78, 5) is 24.3. The number of hydrogen-bond donors (Lipinski definition) is 3. The van der Waals surface area contributed by atoms with Crippen LogP contribution in [0, 0.1) is 0 Å². The van der Waals surface area contributed by atoms with Crippen LogP contribution in [-0.2, 0) is 0 Å². The van der Waals surface area contributed by atoms with E-state index in [9.17, 15) is 9.59 Å². The Labute approximate surface area is 175 Å². The maximum atomic E-state index is 12.3. The van der Waals surface area contributed by atoms with E-state index in [1.165, 1.54) is 18.4 Å². The van der Waals surface area contributed by atoms with E-state index < -0.39 is 5.91 Å². The predicted octanol–water partition coefficient (Wildman–Crippen LogP) is 4.97. The maximum Gasteiger partial charge on any atom is 0.291 e. The Morgan fingerprint density at radius 3 is 2.32 bits per heavy atom. The van der Waals surface area contributed by atoms with Crippen molar-refractivity contribution in [2.75, 3.05) is 10.6 Å².